The molecular weight excluding hydrogens is 350 g/mol. The molecule has 7 heteroatoms. The lowest BCUT2D eigenvalue weighted by atomic mass is 10.2. The lowest BCUT2D eigenvalue weighted by molar-refractivity contribution is 0.173. The topological polar surface area (TPSA) is 72.0 Å². The predicted octanol–water partition coefficient (Wildman–Crippen LogP) is 3.33. The van der Waals surface area contributed by atoms with Crippen molar-refractivity contribution >= 4 is 33.9 Å². The zero-order valence-electron chi connectivity index (χ0n) is 11.4. The molecule has 1 heterocycles. The number of carbonyl (C=O) groups is 1. The van der Waals surface area contributed by atoms with Gasteiger partial charge in [0, 0.05) is 5.69 Å². The Morgan fingerprint density at radius 3 is 2.86 bits per heavy atom. The fourth-order valence-electron chi connectivity index (χ4n) is 1.91. The average molecular weight is 362 g/mol. The van der Waals surface area contributed by atoms with Crippen LogP contribution < -0.4 is 20.2 Å². The van der Waals surface area contributed by atoms with Crippen molar-refractivity contribution < 1.29 is 14.3 Å². The minimum Gasteiger partial charge on any atom is -0.454 e. The second kappa shape index (κ2) is 6.48. The van der Waals surface area contributed by atoms with Crippen molar-refractivity contribution in [2.24, 2.45) is 5.10 Å². The Bertz CT molecular complexity index is 719. The number of nitrogens with one attached hydrogen (secondary N) is 2. The van der Waals surface area contributed by atoms with Gasteiger partial charge < -0.3 is 14.8 Å². The Labute approximate surface area is 135 Å². The van der Waals surface area contributed by atoms with Gasteiger partial charge in [0.2, 0.25) is 6.79 Å². The summed E-state index contributed by atoms with van der Waals surface area (Å²) in [7, 11) is 0. The van der Waals surface area contributed by atoms with Gasteiger partial charge in [0.25, 0.3) is 0 Å². The van der Waals surface area contributed by atoms with Crippen LogP contribution in [0.5, 0.6) is 11.5 Å². The van der Waals surface area contributed by atoms with E-state index in [0.29, 0.717) is 17.2 Å². The Morgan fingerprint density at radius 1 is 1.23 bits per heavy atom. The van der Waals surface area contributed by atoms with E-state index in [9.17, 15) is 4.79 Å². The number of nitrogens with zero attached hydrogens (tertiary/aromatic N) is 1. The van der Waals surface area contributed by atoms with Crippen LogP contribution in [0.3, 0.4) is 0 Å². The van der Waals surface area contributed by atoms with Crippen LogP contribution in [0, 0.1) is 0 Å². The van der Waals surface area contributed by atoms with Crippen LogP contribution in [0.4, 0.5) is 10.5 Å². The first-order chi connectivity index (χ1) is 10.7. The summed E-state index contributed by atoms with van der Waals surface area (Å²) in [5.41, 5.74) is 3.87. The largest absolute Gasteiger partial charge is 0.454 e. The maximum Gasteiger partial charge on any atom is 0.339 e. The van der Waals surface area contributed by atoms with Crippen molar-refractivity contribution in [3.05, 3.63) is 52.5 Å². The maximum atomic E-state index is 11.7. The molecule has 2 N–H and O–H groups in total. The summed E-state index contributed by atoms with van der Waals surface area (Å²) < 4.78 is 11.4. The van der Waals surface area contributed by atoms with Gasteiger partial charge in [-0.3, -0.25) is 0 Å². The number of rotatable bonds is 3. The van der Waals surface area contributed by atoms with E-state index in [-0.39, 0.29) is 6.79 Å². The first-order valence-corrected chi connectivity index (χ1v) is 7.26. The molecule has 0 radical (unpaired) electrons. The van der Waals surface area contributed by atoms with E-state index in [1.54, 1.807) is 18.2 Å². The molecule has 0 unspecified atom stereocenters. The van der Waals surface area contributed by atoms with Gasteiger partial charge >= 0.3 is 6.03 Å². The van der Waals surface area contributed by atoms with E-state index < -0.39 is 6.03 Å². The zero-order chi connectivity index (χ0) is 15.4. The van der Waals surface area contributed by atoms with Crippen molar-refractivity contribution in [3.63, 3.8) is 0 Å². The van der Waals surface area contributed by atoms with E-state index in [1.165, 1.54) is 6.21 Å². The van der Waals surface area contributed by atoms with Crippen LogP contribution in [0.25, 0.3) is 0 Å². The van der Waals surface area contributed by atoms with Crippen LogP contribution in [0.2, 0.25) is 0 Å². The Hall–Kier alpha value is -2.54. The molecular formula is C15H12BrN3O3. The Morgan fingerprint density at radius 2 is 2.05 bits per heavy atom. The van der Waals surface area contributed by atoms with Crippen LogP contribution >= 0.6 is 15.9 Å². The molecule has 2 amide bonds. The highest BCUT2D eigenvalue weighted by Gasteiger charge is 2.17. The molecule has 112 valence electrons. The van der Waals surface area contributed by atoms with Gasteiger partial charge in [-0.05, 0) is 45.8 Å². The number of benzene rings is 2. The monoisotopic (exact) mass is 361 g/mol. The minimum atomic E-state index is -0.415. The van der Waals surface area contributed by atoms with Gasteiger partial charge in [-0.25, -0.2) is 10.2 Å². The molecule has 0 atom stereocenters. The number of hydrogen-bond donors (Lipinski definition) is 2. The lowest BCUT2D eigenvalue weighted by Crippen LogP contribution is -2.24. The SMILES string of the molecule is O=C(N/N=C\c1cc(Br)c2c(c1)OCO2)Nc1ccccc1. The first-order valence-electron chi connectivity index (χ1n) is 6.46. The van der Waals surface area contributed by atoms with Crippen molar-refractivity contribution in [3.8, 4) is 11.5 Å². The normalized spacial score (nSPS) is 12.4. The number of urea groups is 1. The van der Waals surface area contributed by atoms with E-state index in [4.69, 9.17) is 9.47 Å². The number of fused-ring (bicyclic) bond motifs is 1. The Kier molecular flexibility index (Phi) is 4.24. The number of carbonyl (C=O) groups excluding carboxylic acids is 1. The van der Waals surface area contributed by atoms with E-state index in [0.717, 1.165) is 10.0 Å². The number of amides is 2. The molecule has 2 aromatic carbocycles. The summed E-state index contributed by atoms with van der Waals surface area (Å²) in [4.78, 5) is 11.7. The van der Waals surface area contributed by atoms with Crippen molar-refractivity contribution in [2.45, 2.75) is 0 Å². The summed E-state index contributed by atoms with van der Waals surface area (Å²) in [6.45, 7) is 0.201. The van der Waals surface area contributed by atoms with Crippen LogP contribution in [-0.4, -0.2) is 19.0 Å². The van der Waals surface area contributed by atoms with Gasteiger partial charge in [0.1, 0.15) is 0 Å². The molecule has 1 aliphatic rings. The summed E-state index contributed by atoms with van der Waals surface area (Å²) in [5, 5.41) is 6.56. The smallest absolute Gasteiger partial charge is 0.339 e. The minimum absolute atomic E-state index is 0.201. The molecule has 0 aromatic heterocycles. The molecule has 1 aliphatic heterocycles. The molecule has 6 nitrogen and oxygen atoms in total. The number of anilines is 1. The number of para-hydroxylation sites is 1. The molecule has 2 aromatic rings. The van der Waals surface area contributed by atoms with E-state index in [2.05, 4.69) is 31.8 Å². The number of hydrazone groups is 1. The molecule has 0 spiro atoms. The molecule has 0 saturated heterocycles. The lowest BCUT2D eigenvalue weighted by Gasteiger charge is -2.03. The predicted molar refractivity (Wildman–Crippen MR) is 86.5 cm³/mol. The molecule has 3 rings (SSSR count). The van der Waals surface area contributed by atoms with E-state index in [1.807, 2.05) is 24.3 Å². The quantitative estimate of drug-likeness (QED) is 0.650. The molecule has 0 saturated carbocycles. The van der Waals surface area contributed by atoms with Crippen LogP contribution in [-0.2, 0) is 0 Å². The summed E-state index contributed by atoms with van der Waals surface area (Å²) in [5.74, 6) is 1.32. The Balaban J connectivity index is 1.60. The highest BCUT2D eigenvalue weighted by Crippen LogP contribution is 2.39. The van der Waals surface area contributed by atoms with Gasteiger partial charge in [0.05, 0.1) is 10.7 Å². The first kappa shape index (κ1) is 14.4. The maximum absolute atomic E-state index is 11.7. The zero-order valence-corrected chi connectivity index (χ0v) is 13.0. The summed E-state index contributed by atoms with van der Waals surface area (Å²) in [6, 6.07) is 12.3. The molecule has 0 fully saturated rings. The number of ether oxygens (including phenoxy) is 2. The van der Waals surface area contributed by atoms with Crippen molar-refractivity contribution in [1.82, 2.24) is 5.43 Å². The van der Waals surface area contributed by atoms with Gasteiger partial charge in [-0.1, -0.05) is 18.2 Å². The third kappa shape index (κ3) is 3.37. The van der Waals surface area contributed by atoms with Gasteiger partial charge in [-0.15, -0.1) is 0 Å². The molecule has 22 heavy (non-hydrogen) atoms. The molecule has 0 bridgehead atoms. The van der Waals surface area contributed by atoms with Crippen molar-refractivity contribution in [1.29, 1.82) is 0 Å². The number of halogens is 1. The van der Waals surface area contributed by atoms with Gasteiger partial charge in [0.15, 0.2) is 11.5 Å². The standard InChI is InChI=1S/C15H12BrN3O3/c16-12-6-10(7-13-14(12)22-9-21-13)8-17-19-15(20)18-11-4-2-1-3-5-11/h1-8H,9H2,(H2,18,19,20)/b17-8-. The highest BCUT2D eigenvalue weighted by molar-refractivity contribution is 9.10. The van der Waals surface area contributed by atoms with Crippen LogP contribution in [0.15, 0.2) is 52.0 Å². The second-order valence-electron chi connectivity index (χ2n) is 4.43. The second-order valence-corrected chi connectivity index (χ2v) is 5.28. The van der Waals surface area contributed by atoms with Gasteiger partial charge in [-0.2, -0.15) is 5.10 Å². The average Bonchev–Trinajstić information content (AvgIpc) is 2.97. The van der Waals surface area contributed by atoms with Crippen LogP contribution in [0.1, 0.15) is 5.56 Å². The highest BCUT2D eigenvalue weighted by atomic mass is 79.9. The van der Waals surface area contributed by atoms with Crippen molar-refractivity contribution in [2.75, 3.05) is 12.1 Å². The molecule has 0 aliphatic carbocycles. The summed E-state index contributed by atoms with van der Waals surface area (Å²) in [6.07, 6.45) is 1.53. The fraction of sp³-hybridized carbons (Fsp3) is 0.0667. The fourth-order valence-corrected chi connectivity index (χ4v) is 2.48. The number of hydrogen-bond acceptors (Lipinski definition) is 4. The third-order valence-corrected chi connectivity index (χ3v) is 3.45. The van der Waals surface area contributed by atoms with E-state index >= 15 is 0 Å². The summed E-state index contributed by atoms with van der Waals surface area (Å²) >= 11 is 3.40. The third-order valence-electron chi connectivity index (χ3n) is 2.86.